The molecule has 0 saturated heterocycles. The van der Waals surface area contributed by atoms with Crippen molar-refractivity contribution >= 4 is 5.97 Å². The Labute approximate surface area is 112 Å². The summed E-state index contributed by atoms with van der Waals surface area (Å²) in [5.41, 5.74) is 0.215. The molecule has 0 atom stereocenters. The van der Waals surface area contributed by atoms with Gasteiger partial charge in [-0.2, -0.15) is 4.98 Å². The number of hydrogen-bond acceptors (Lipinski definition) is 5. The van der Waals surface area contributed by atoms with E-state index in [4.69, 9.17) is 9.47 Å². The lowest BCUT2D eigenvalue weighted by molar-refractivity contribution is 0.0696. The van der Waals surface area contributed by atoms with Crippen LogP contribution in [-0.2, 0) is 0 Å². The molecule has 0 unspecified atom stereocenters. The van der Waals surface area contributed by atoms with Crippen LogP contribution in [-0.4, -0.2) is 27.8 Å². The van der Waals surface area contributed by atoms with Crippen LogP contribution in [0.5, 0.6) is 11.5 Å². The van der Waals surface area contributed by atoms with Crippen LogP contribution < -0.4 is 15.2 Å². The second-order valence-corrected chi connectivity index (χ2v) is 4.26. The van der Waals surface area contributed by atoms with E-state index in [1.165, 1.54) is 6.92 Å². The van der Waals surface area contributed by atoms with Crippen molar-refractivity contribution in [3.05, 3.63) is 39.9 Å². The van der Waals surface area contributed by atoms with E-state index in [2.05, 4.69) is 9.97 Å². The molecule has 0 aliphatic carbocycles. The molecule has 7 heteroatoms. The number of aromatic nitrogens is 2. The normalized spacial score (nSPS) is 12.4. The first-order valence-electron chi connectivity index (χ1n) is 5.80. The van der Waals surface area contributed by atoms with E-state index in [9.17, 15) is 14.7 Å². The fraction of sp³-hybridized carbons (Fsp3) is 0.154. The fourth-order valence-electron chi connectivity index (χ4n) is 2.10. The number of H-pyrrole nitrogens is 1. The highest BCUT2D eigenvalue weighted by atomic mass is 16.7. The summed E-state index contributed by atoms with van der Waals surface area (Å²) >= 11 is 0. The Balaban J connectivity index is 2.24. The maximum atomic E-state index is 11.5. The number of carboxylic acids is 1. The van der Waals surface area contributed by atoms with E-state index in [1.54, 1.807) is 18.2 Å². The molecule has 2 N–H and O–H groups in total. The first kappa shape index (κ1) is 12.2. The minimum absolute atomic E-state index is 0.0385. The first-order chi connectivity index (χ1) is 9.56. The van der Waals surface area contributed by atoms with Gasteiger partial charge >= 0.3 is 11.7 Å². The van der Waals surface area contributed by atoms with Gasteiger partial charge in [0.15, 0.2) is 11.5 Å². The van der Waals surface area contributed by atoms with Crippen molar-refractivity contribution in [3.63, 3.8) is 0 Å². The quantitative estimate of drug-likeness (QED) is 0.852. The molecule has 1 aliphatic heterocycles. The highest BCUT2D eigenvalue weighted by Crippen LogP contribution is 2.36. The summed E-state index contributed by atoms with van der Waals surface area (Å²) in [6.07, 6.45) is 0. The lowest BCUT2D eigenvalue weighted by Gasteiger charge is -2.08. The van der Waals surface area contributed by atoms with Gasteiger partial charge in [0.1, 0.15) is 5.56 Å². The minimum Gasteiger partial charge on any atom is -0.478 e. The zero-order valence-electron chi connectivity index (χ0n) is 10.5. The number of rotatable bonds is 2. The number of nitrogens with zero attached hydrogens (tertiary/aromatic N) is 1. The number of carboxylic acid groups (broad SMARTS) is 1. The lowest BCUT2D eigenvalue weighted by atomic mass is 10.0. The molecule has 20 heavy (non-hydrogen) atoms. The summed E-state index contributed by atoms with van der Waals surface area (Å²) in [5, 5.41) is 9.27. The number of ether oxygens (including phenoxy) is 2. The van der Waals surface area contributed by atoms with Crippen LogP contribution in [0.15, 0.2) is 23.0 Å². The van der Waals surface area contributed by atoms with E-state index in [0.29, 0.717) is 17.1 Å². The van der Waals surface area contributed by atoms with Gasteiger partial charge in [0.25, 0.3) is 0 Å². The lowest BCUT2D eigenvalue weighted by Crippen LogP contribution is -2.18. The molecule has 2 aromatic rings. The molecule has 0 bridgehead atoms. The van der Waals surface area contributed by atoms with Crippen molar-refractivity contribution in [2.45, 2.75) is 6.92 Å². The Bertz CT molecular complexity index is 766. The van der Waals surface area contributed by atoms with Gasteiger partial charge in [0.2, 0.25) is 6.79 Å². The Morgan fingerprint density at radius 1 is 1.35 bits per heavy atom. The Morgan fingerprint density at radius 2 is 2.10 bits per heavy atom. The molecule has 102 valence electrons. The van der Waals surface area contributed by atoms with Gasteiger partial charge in [-0.1, -0.05) is 0 Å². The van der Waals surface area contributed by atoms with Gasteiger partial charge in [0.05, 0.1) is 5.69 Å². The number of benzene rings is 1. The molecule has 1 aromatic carbocycles. The third kappa shape index (κ3) is 1.89. The van der Waals surface area contributed by atoms with E-state index >= 15 is 0 Å². The second kappa shape index (κ2) is 4.37. The van der Waals surface area contributed by atoms with Gasteiger partial charge in [-0.05, 0) is 25.1 Å². The smallest absolute Gasteiger partial charge is 0.345 e. The number of aromatic carboxylic acids is 1. The number of aryl methyl sites for hydroxylation is 1. The van der Waals surface area contributed by atoms with Crippen LogP contribution in [0.2, 0.25) is 0 Å². The average molecular weight is 274 g/mol. The van der Waals surface area contributed by atoms with Gasteiger partial charge in [0, 0.05) is 11.3 Å². The van der Waals surface area contributed by atoms with E-state index < -0.39 is 11.7 Å². The third-order valence-corrected chi connectivity index (χ3v) is 2.98. The molecule has 0 saturated carbocycles. The van der Waals surface area contributed by atoms with Crippen LogP contribution in [0.4, 0.5) is 0 Å². The molecule has 1 aromatic heterocycles. The number of carbonyl (C=O) groups is 1. The number of fused-ring (bicyclic) bond motifs is 1. The Kier molecular flexibility index (Phi) is 2.67. The maximum Gasteiger partial charge on any atom is 0.345 e. The standard InChI is InChI=1S/C13H10N2O5/c1-6-10(12(16)17)11(15-13(18)14-6)7-2-3-8-9(4-7)20-5-19-8/h2-4H,5H2,1H3,(H,16,17)(H,14,15,18). The maximum absolute atomic E-state index is 11.5. The summed E-state index contributed by atoms with van der Waals surface area (Å²) in [6.45, 7) is 1.63. The molecule has 3 rings (SSSR count). The Morgan fingerprint density at radius 3 is 2.85 bits per heavy atom. The van der Waals surface area contributed by atoms with Crippen LogP contribution >= 0.6 is 0 Å². The summed E-state index contributed by atoms with van der Waals surface area (Å²) in [5.74, 6) is -0.0790. The largest absolute Gasteiger partial charge is 0.478 e. The van der Waals surface area contributed by atoms with E-state index in [-0.39, 0.29) is 23.7 Å². The molecule has 0 fully saturated rings. The summed E-state index contributed by atoms with van der Waals surface area (Å²) < 4.78 is 10.4. The molecule has 0 amide bonds. The average Bonchev–Trinajstić information content (AvgIpc) is 2.84. The number of hydrogen-bond donors (Lipinski definition) is 2. The van der Waals surface area contributed by atoms with Gasteiger partial charge in [-0.15, -0.1) is 0 Å². The highest BCUT2D eigenvalue weighted by Gasteiger charge is 2.20. The van der Waals surface area contributed by atoms with Crippen LogP contribution in [0.1, 0.15) is 16.1 Å². The molecule has 7 nitrogen and oxygen atoms in total. The van der Waals surface area contributed by atoms with Crippen molar-refractivity contribution in [3.8, 4) is 22.8 Å². The molecular weight excluding hydrogens is 264 g/mol. The highest BCUT2D eigenvalue weighted by molar-refractivity contribution is 5.95. The second-order valence-electron chi connectivity index (χ2n) is 4.26. The SMILES string of the molecule is Cc1[nH]c(=O)nc(-c2ccc3c(c2)OCO3)c1C(=O)O. The predicted molar refractivity (Wildman–Crippen MR) is 68.1 cm³/mol. The summed E-state index contributed by atoms with van der Waals surface area (Å²) in [4.78, 5) is 29.0. The van der Waals surface area contributed by atoms with Crippen LogP contribution in [0.25, 0.3) is 11.3 Å². The van der Waals surface area contributed by atoms with Gasteiger partial charge < -0.3 is 19.6 Å². The van der Waals surface area contributed by atoms with Crippen molar-refractivity contribution in [1.82, 2.24) is 9.97 Å². The minimum atomic E-state index is -1.15. The zero-order chi connectivity index (χ0) is 14.3. The molecular formula is C13H10N2O5. The van der Waals surface area contributed by atoms with Crippen molar-refractivity contribution in [2.24, 2.45) is 0 Å². The fourth-order valence-corrected chi connectivity index (χ4v) is 2.10. The van der Waals surface area contributed by atoms with Crippen molar-refractivity contribution in [2.75, 3.05) is 6.79 Å². The summed E-state index contributed by atoms with van der Waals surface area (Å²) in [7, 11) is 0. The van der Waals surface area contributed by atoms with E-state index in [0.717, 1.165) is 0 Å². The van der Waals surface area contributed by atoms with Crippen molar-refractivity contribution < 1.29 is 19.4 Å². The van der Waals surface area contributed by atoms with Crippen LogP contribution in [0, 0.1) is 6.92 Å². The summed E-state index contributed by atoms with van der Waals surface area (Å²) in [6, 6.07) is 4.90. The monoisotopic (exact) mass is 274 g/mol. The molecule has 2 heterocycles. The third-order valence-electron chi connectivity index (χ3n) is 2.98. The first-order valence-corrected chi connectivity index (χ1v) is 5.80. The molecule has 0 radical (unpaired) electrons. The Hall–Kier alpha value is -2.83. The topological polar surface area (TPSA) is 102 Å². The predicted octanol–water partition coefficient (Wildman–Crippen LogP) is 1.17. The number of aromatic amines is 1. The molecule has 0 spiro atoms. The van der Waals surface area contributed by atoms with Gasteiger partial charge in [-0.3, -0.25) is 0 Å². The molecule has 1 aliphatic rings. The number of nitrogens with one attached hydrogen (secondary N) is 1. The van der Waals surface area contributed by atoms with E-state index in [1.807, 2.05) is 0 Å². The van der Waals surface area contributed by atoms with Gasteiger partial charge in [-0.25, -0.2) is 9.59 Å². The van der Waals surface area contributed by atoms with Crippen molar-refractivity contribution in [1.29, 1.82) is 0 Å². The zero-order valence-corrected chi connectivity index (χ0v) is 10.5. The van der Waals surface area contributed by atoms with Crippen LogP contribution in [0.3, 0.4) is 0 Å².